The molecule has 4 atom stereocenters. The third-order valence-corrected chi connectivity index (χ3v) is 9.88. The average Bonchev–Trinajstić information content (AvgIpc) is 3.54. The minimum Gasteiger partial charge on any atom is -0.489 e. The highest BCUT2D eigenvalue weighted by molar-refractivity contribution is 5.81. The molecule has 5 rings (SSSR count). The summed E-state index contributed by atoms with van der Waals surface area (Å²) < 4.78 is 32.9. The molecule has 1 N–H and O–H groups in total. The van der Waals surface area contributed by atoms with Crippen molar-refractivity contribution < 1.29 is 23.1 Å². The lowest BCUT2D eigenvalue weighted by atomic mass is 9.83. The number of nitrogens with one attached hydrogen (secondary N) is 1. The van der Waals surface area contributed by atoms with Crippen LogP contribution in [-0.4, -0.2) is 47.2 Å². The van der Waals surface area contributed by atoms with Crippen molar-refractivity contribution in [2.45, 2.75) is 108 Å². The molecule has 5 nitrogen and oxygen atoms in total. The molecule has 0 radical (unpaired) electrons. The number of nitrogens with zero attached hydrogens (tertiary/aromatic N) is 1. The van der Waals surface area contributed by atoms with E-state index in [-0.39, 0.29) is 54.7 Å². The van der Waals surface area contributed by atoms with E-state index in [1.54, 1.807) is 0 Å². The van der Waals surface area contributed by atoms with Gasteiger partial charge < -0.3 is 10.1 Å². The minimum atomic E-state index is -2.62. The number of ether oxygens (including phenoxy) is 1. The van der Waals surface area contributed by atoms with E-state index in [0.717, 1.165) is 30.8 Å². The second-order valence-electron chi connectivity index (χ2n) is 13.1. The van der Waals surface area contributed by atoms with E-state index in [9.17, 15) is 18.4 Å². The first-order valence-electron chi connectivity index (χ1n) is 15.9. The fourth-order valence-electron chi connectivity index (χ4n) is 7.04. The fourth-order valence-corrected chi connectivity index (χ4v) is 7.04. The lowest BCUT2D eigenvalue weighted by Gasteiger charge is -2.30. The zero-order valence-electron chi connectivity index (χ0n) is 25.1. The molecule has 2 aliphatic carbocycles. The van der Waals surface area contributed by atoms with Crippen molar-refractivity contribution in [3.63, 3.8) is 0 Å². The monoisotopic (exact) mass is 580 g/mol. The fraction of sp³-hybridized carbons (Fsp3) is 0.600. The van der Waals surface area contributed by atoms with Crippen molar-refractivity contribution in [1.82, 2.24) is 10.2 Å². The highest BCUT2D eigenvalue weighted by atomic mass is 19.3. The zero-order chi connectivity index (χ0) is 29.7. The summed E-state index contributed by atoms with van der Waals surface area (Å²) in [6.45, 7) is 7.16. The number of ketones is 1. The Morgan fingerprint density at radius 3 is 2.36 bits per heavy atom. The van der Waals surface area contributed by atoms with E-state index in [1.807, 2.05) is 42.5 Å². The lowest BCUT2D eigenvalue weighted by molar-refractivity contribution is -0.127. The maximum atomic E-state index is 13.4. The van der Waals surface area contributed by atoms with Crippen LogP contribution in [0.15, 0.2) is 54.6 Å². The molecular weight excluding hydrogens is 534 g/mol. The Morgan fingerprint density at radius 1 is 1.00 bits per heavy atom. The normalized spacial score (nSPS) is 26.5. The van der Waals surface area contributed by atoms with Gasteiger partial charge in [-0.25, -0.2) is 8.78 Å². The van der Waals surface area contributed by atoms with E-state index < -0.39 is 5.92 Å². The number of Topliss-reactive ketones (excluding diaryl/α,β-unsaturated/α-hetero) is 1. The Morgan fingerprint density at radius 2 is 1.69 bits per heavy atom. The van der Waals surface area contributed by atoms with E-state index in [0.29, 0.717) is 44.2 Å². The van der Waals surface area contributed by atoms with Crippen molar-refractivity contribution in [1.29, 1.82) is 0 Å². The molecule has 1 saturated heterocycles. The number of amides is 1. The van der Waals surface area contributed by atoms with Gasteiger partial charge in [0.15, 0.2) is 0 Å². The number of benzene rings is 2. The number of carbonyl (C=O) groups is 2. The number of hydrogen-bond donors (Lipinski definition) is 1. The van der Waals surface area contributed by atoms with Crippen LogP contribution >= 0.6 is 0 Å². The third kappa shape index (κ3) is 7.58. The van der Waals surface area contributed by atoms with Crippen LogP contribution in [0.1, 0.15) is 95.1 Å². The summed E-state index contributed by atoms with van der Waals surface area (Å²) in [6, 6.07) is 18.7. The molecule has 7 heteroatoms. The Bertz CT molecular complexity index is 1190. The summed E-state index contributed by atoms with van der Waals surface area (Å²) in [5, 5.41) is 3.45. The average molecular weight is 581 g/mol. The van der Waals surface area contributed by atoms with E-state index in [1.165, 1.54) is 12.0 Å². The lowest BCUT2D eigenvalue weighted by Crippen LogP contribution is -2.47. The van der Waals surface area contributed by atoms with Gasteiger partial charge in [-0.3, -0.25) is 14.5 Å². The molecule has 1 amide bonds. The van der Waals surface area contributed by atoms with Crippen LogP contribution in [0.5, 0.6) is 5.75 Å². The molecule has 2 saturated carbocycles. The largest absolute Gasteiger partial charge is 0.489 e. The van der Waals surface area contributed by atoms with E-state index >= 15 is 0 Å². The van der Waals surface area contributed by atoms with Crippen LogP contribution in [0.4, 0.5) is 8.78 Å². The highest BCUT2D eigenvalue weighted by Gasteiger charge is 2.61. The highest BCUT2D eigenvalue weighted by Crippen LogP contribution is 2.51. The van der Waals surface area contributed by atoms with Crippen molar-refractivity contribution >= 4 is 11.7 Å². The number of rotatable bonds is 13. The molecule has 0 bridgehead atoms. The van der Waals surface area contributed by atoms with Gasteiger partial charge in [0.1, 0.15) is 18.1 Å². The minimum absolute atomic E-state index is 0.0316. The molecule has 1 heterocycles. The van der Waals surface area contributed by atoms with Gasteiger partial charge in [0.25, 0.3) is 0 Å². The molecule has 2 aromatic carbocycles. The SMILES string of the molecule is C[C@@H]1CCN(C2CC2(NC(=O)CCCCC(=O)C2CCC(F)(F)CC2)[C@H](C)c2ccc(OCc3ccccc3)cc2)C1. The summed E-state index contributed by atoms with van der Waals surface area (Å²) in [5.41, 5.74) is 2.00. The quantitative estimate of drug-likeness (QED) is 0.253. The van der Waals surface area contributed by atoms with Crippen LogP contribution in [0.2, 0.25) is 0 Å². The second-order valence-corrected chi connectivity index (χ2v) is 13.1. The number of carbonyl (C=O) groups excluding carboxylic acids is 2. The van der Waals surface area contributed by atoms with Gasteiger partial charge in [-0.15, -0.1) is 0 Å². The smallest absolute Gasteiger partial charge is 0.248 e. The number of likely N-dealkylation sites (tertiary alicyclic amines) is 1. The summed E-state index contributed by atoms with van der Waals surface area (Å²) in [5.74, 6) is -1.12. The predicted octanol–water partition coefficient (Wildman–Crippen LogP) is 7.29. The molecule has 0 spiro atoms. The Hall–Kier alpha value is -2.80. The summed E-state index contributed by atoms with van der Waals surface area (Å²) >= 11 is 0. The third-order valence-electron chi connectivity index (χ3n) is 9.88. The number of unbranched alkanes of at least 4 members (excludes halogenated alkanes) is 1. The second kappa shape index (κ2) is 13.2. The van der Waals surface area contributed by atoms with Gasteiger partial charge in [-0.05, 0) is 74.2 Å². The first-order valence-corrected chi connectivity index (χ1v) is 15.9. The Balaban J connectivity index is 1.15. The van der Waals surface area contributed by atoms with Crippen molar-refractivity contribution in [3.8, 4) is 5.75 Å². The predicted molar refractivity (Wildman–Crippen MR) is 161 cm³/mol. The molecule has 3 fully saturated rings. The van der Waals surface area contributed by atoms with Crippen LogP contribution < -0.4 is 10.1 Å². The van der Waals surface area contributed by atoms with Crippen molar-refractivity contribution in [3.05, 3.63) is 65.7 Å². The van der Waals surface area contributed by atoms with E-state index in [2.05, 4.69) is 36.2 Å². The first kappa shape index (κ1) is 30.7. The van der Waals surface area contributed by atoms with Crippen LogP contribution in [-0.2, 0) is 16.2 Å². The molecule has 2 aromatic rings. The number of alkyl halides is 2. The van der Waals surface area contributed by atoms with Gasteiger partial charge >= 0.3 is 0 Å². The van der Waals surface area contributed by atoms with Crippen LogP contribution in [0, 0.1) is 11.8 Å². The first-order chi connectivity index (χ1) is 20.1. The Labute approximate surface area is 249 Å². The number of hydrogen-bond acceptors (Lipinski definition) is 4. The van der Waals surface area contributed by atoms with Crippen LogP contribution in [0.3, 0.4) is 0 Å². The zero-order valence-corrected chi connectivity index (χ0v) is 25.1. The van der Waals surface area contributed by atoms with E-state index in [4.69, 9.17) is 4.74 Å². The summed E-state index contributed by atoms with van der Waals surface area (Å²) in [4.78, 5) is 28.3. The standard InChI is InChI=1S/C35H46F2N2O3/c1-25-18-21-39(23-25)32-22-35(32,26(2)28-12-14-30(15-13-28)42-24-27-8-4-3-5-9-27)38-33(41)11-7-6-10-31(40)29-16-19-34(36,37)20-17-29/h3-5,8-9,12-15,25-26,29,32H,6-7,10-11,16-24H2,1-2H3,(H,38,41)/t25-,26-,32?,35?/m1/s1. The molecule has 228 valence electrons. The van der Waals surface area contributed by atoms with Gasteiger partial charge in [-0.2, -0.15) is 0 Å². The maximum absolute atomic E-state index is 13.4. The van der Waals surface area contributed by atoms with Crippen molar-refractivity contribution in [2.24, 2.45) is 11.8 Å². The maximum Gasteiger partial charge on any atom is 0.248 e. The number of halogens is 2. The molecule has 3 aliphatic rings. The topological polar surface area (TPSA) is 58.6 Å². The summed E-state index contributed by atoms with van der Waals surface area (Å²) in [6.07, 6.45) is 4.31. The molecule has 42 heavy (non-hydrogen) atoms. The van der Waals surface area contributed by atoms with Gasteiger partial charge in [0.05, 0.1) is 5.54 Å². The molecule has 2 unspecified atom stereocenters. The summed E-state index contributed by atoms with van der Waals surface area (Å²) in [7, 11) is 0. The molecule has 1 aliphatic heterocycles. The molecular formula is C35H46F2N2O3. The molecule has 0 aromatic heterocycles. The van der Waals surface area contributed by atoms with Gasteiger partial charge in [-0.1, -0.05) is 56.3 Å². The van der Waals surface area contributed by atoms with Crippen LogP contribution in [0.25, 0.3) is 0 Å². The van der Waals surface area contributed by atoms with Gasteiger partial charge in [0.2, 0.25) is 11.8 Å². The van der Waals surface area contributed by atoms with Crippen molar-refractivity contribution in [2.75, 3.05) is 13.1 Å². The van der Waals surface area contributed by atoms with Gasteiger partial charge in [0, 0.05) is 50.1 Å². The Kier molecular flexibility index (Phi) is 9.66.